The van der Waals surface area contributed by atoms with Gasteiger partial charge in [-0.05, 0) is 12.1 Å². The molecule has 0 aliphatic carbocycles. The van der Waals surface area contributed by atoms with Gasteiger partial charge in [0.15, 0.2) is 0 Å². The second-order valence-corrected chi connectivity index (χ2v) is 2.65. The molecule has 0 spiro atoms. The summed E-state index contributed by atoms with van der Waals surface area (Å²) in [5.74, 6) is 1.20. The minimum absolute atomic E-state index is 0.234. The van der Waals surface area contributed by atoms with E-state index in [1.807, 2.05) is 12.1 Å². The highest BCUT2D eigenvalue weighted by Gasteiger charge is 2.06. The van der Waals surface area contributed by atoms with Crippen molar-refractivity contribution in [1.82, 2.24) is 15.1 Å². The van der Waals surface area contributed by atoms with Gasteiger partial charge in [0.1, 0.15) is 5.88 Å². The summed E-state index contributed by atoms with van der Waals surface area (Å²) in [5, 5.41) is 3.76. The van der Waals surface area contributed by atoms with E-state index >= 15 is 0 Å². The first-order valence-electron chi connectivity index (χ1n) is 3.69. The molecule has 5 heteroatoms. The average Bonchev–Trinajstić information content (AvgIpc) is 2.67. The first kappa shape index (κ1) is 8.19. The van der Waals surface area contributed by atoms with Gasteiger partial charge >= 0.3 is 0 Å². The highest BCUT2D eigenvalue weighted by Crippen LogP contribution is 2.14. The van der Waals surface area contributed by atoms with Crippen molar-refractivity contribution in [2.75, 3.05) is 0 Å². The van der Waals surface area contributed by atoms with Gasteiger partial charge in [0.05, 0.1) is 0 Å². The number of alkyl halides is 1. The molecular formula is C8H6ClN3O. The van der Waals surface area contributed by atoms with E-state index in [4.69, 9.17) is 16.1 Å². The summed E-state index contributed by atoms with van der Waals surface area (Å²) in [6.45, 7) is 0. The normalized spacial score (nSPS) is 10.2. The van der Waals surface area contributed by atoms with Crippen LogP contribution in [0, 0.1) is 0 Å². The van der Waals surface area contributed by atoms with Crippen LogP contribution in [0.3, 0.4) is 0 Å². The molecular weight excluding hydrogens is 190 g/mol. The van der Waals surface area contributed by atoms with Crippen molar-refractivity contribution in [2.45, 2.75) is 5.88 Å². The van der Waals surface area contributed by atoms with Crippen LogP contribution >= 0.6 is 11.6 Å². The van der Waals surface area contributed by atoms with E-state index in [1.165, 1.54) is 0 Å². The molecule has 0 unspecified atom stereocenters. The van der Waals surface area contributed by atoms with E-state index in [9.17, 15) is 0 Å². The van der Waals surface area contributed by atoms with Crippen molar-refractivity contribution < 1.29 is 4.52 Å². The summed E-state index contributed by atoms with van der Waals surface area (Å²) in [6, 6.07) is 3.62. The molecule has 2 heterocycles. The molecule has 0 N–H and O–H groups in total. The number of halogens is 1. The van der Waals surface area contributed by atoms with Crippen molar-refractivity contribution in [3.63, 3.8) is 0 Å². The van der Waals surface area contributed by atoms with Crippen molar-refractivity contribution >= 4 is 11.6 Å². The third-order valence-corrected chi connectivity index (χ3v) is 1.75. The molecule has 0 saturated heterocycles. The molecule has 4 nitrogen and oxygen atoms in total. The van der Waals surface area contributed by atoms with Crippen molar-refractivity contribution in [1.29, 1.82) is 0 Å². The minimum Gasteiger partial charge on any atom is -0.338 e. The molecule has 2 aromatic rings. The molecule has 66 valence electrons. The summed E-state index contributed by atoms with van der Waals surface area (Å²) < 4.78 is 4.85. The Labute approximate surface area is 79.6 Å². The molecule has 0 aromatic carbocycles. The molecule has 2 rings (SSSR count). The van der Waals surface area contributed by atoms with Crippen LogP contribution in [0.2, 0.25) is 0 Å². The summed E-state index contributed by atoms with van der Waals surface area (Å²) >= 11 is 5.52. The van der Waals surface area contributed by atoms with Crippen LogP contribution < -0.4 is 0 Å². The molecule has 0 aliphatic heterocycles. The summed E-state index contributed by atoms with van der Waals surface area (Å²) in [5.41, 5.74) is 0.870. The lowest BCUT2D eigenvalue weighted by molar-refractivity contribution is 0.391. The number of aromatic nitrogens is 3. The lowest BCUT2D eigenvalue weighted by atomic mass is 10.3. The number of pyridine rings is 1. The van der Waals surface area contributed by atoms with Gasteiger partial charge in [-0.15, -0.1) is 11.6 Å². The average molecular weight is 196 g/mol. The van der Waals surface area contributed by atoms with Crippen LogP contribution in [0.5, 0.6) is 0 Å². The Morgan fingerprint density at radius 1 is 1.31 bits per heavy atom. The lowest BCUT2D eigenvalue weighted by Crippen LogP contribution is -1.81. The van der Waals surface area contributed by atoms with Gasteiger partial charge in [-0.25, -0.2) is 0 Å². The van der Waals surface area contributed by atoms with Crippen molar-refractivity contribution in [2.24, 2.45) is 0 Å². The Bertz CT molecular complexity index is 387. The Balaban J connectivity index is 2.36. The molecule has 0 bridgehead atoms. The summed E-state index contributed by atoms with van der Waals surface area (Å²) in [6.07, 6.45) is 3.35. The predicted molar refractivity (Wildman–Crippen MR) is 47.1 cm³/mol. The second kappa shape index (κ2) is 3.53. The Morgan fingerprint density at radius 3 is 2.69 bits per heavy atom. The van der Waals surface area contributed by atoms with Crippen LogP contribution in [0.25, 0.3) is 11.4 Å². The molecule has 0 saturated carbocycles. The largest absolute Gasteiger partial charge is 0.338 e. The van der Waals surface area contributed by atoms with E-state index in [0.717, 1.165) is 5.56 Å². The van der Waals surface area contributed by atoms with Crippen LogP contribution in [0.1, 0.15) is 5.89 Å². The van der Waals surface area contributed by atoms with Gasteiger partial charge in [0.25, 0.3) is 0 Å². The fourth-order valence-corrected chi connectivity index (χ4v) is 1.04. The standard InChI is InChI=1S/C8H6ClN3O/c9-5-7-11-8(12-13-7)6-1-3-10-4-2-6/h1-4H,5H2. The van der Waals surface area contributed by atoms with Gasteiger partial charge < -0.3 is 4.52 Å². The topological polar surface area (TPSA) is 51.8 Å². The quantitative estimate of drug-likeness (QED) is 0.687. The summed E-state index contributed by atoms with van der Waals surface area (Å²) in [4.78, 5) is 7.95. The van der Waals surface area contributed by atoms with Gasteiger partial charge in [0.2, 0.25) is 11.7 Å². The van der Waals surface area contributed by atoms with Crippen molar-refractivity contribution in [3.8, 4) is 11.4 Å². The van der Waals surface area contributed by atoms with Gasteiger partial charge in [0, 0.05) is 18.0 Å². The maximum absolute atomic E-state index is 5.52. The van der Waals surface area contributed by atoms with Crippen LogP contribution in [-0.4, -0.2) is 15.1 Å². The molecule has 0 amide bonds. The maximum Gasteiger partial charge on any atom is 0.241 e. The SMILES string of the molecule is ClCc1nc(-c2ccncc2)no1. The molecule has 0 radical (unpaired) electrons. The zero-order chi connectivity index (χ0) is 9.10. The monoisotopic (exact) mass is 195 g/mol. The number of rotatable bonds is 2. The molecule has 0 fully saturated rings. The van der Waals surface area contributed by atoms with Gasteiger partial charge in [-0.1, -0.05) is 5.16 Å². The third kappa shape index (κ3) is 1.67. The van der Waals surface area contributed by atoms with Crippen LogP contribution in [0.15, 0.2) is 29.0 Å². The van der Waals surface area contributed by atoms with E-state index in [1.54, 1.807) is 12.4 Å². The van der Waals surface area contributed by atoms with Crippen molar-refractivity contribution in [3.05, 3.63) is 30.4 Å². The predicted octanol–water partition coefficient (Wildman–Crippen LogP) is 1.87. The first-order valence-corrected chi connectivity index (χ1v) is 4.22. The number of hydrogen-bond acceptors (Lipinski definition) is 4. The highest BCUT2D eigenvalue weighted by molar-refractivity contribution is 6.16. The highest BCUT2D eigenvalue weighted by atomic mass is 35.5. The Morgan fingerprint density at radius 2 is 2.08 bits per heavy atom. The molecule has 2 aromatic heterocycles. The zero-order valence-electron chi connectivity index (χ0n) is 6.64. The smallest absolute Gasteiger partial charge is 0.241 e. The maximum atomic E-state index is 5.52. The summed E-state index contributed by atoms with van der Waals surface area (Å²) in [7, 11) is 0. The Hall–Kier alpha value is -1.42. The van der Waals surface area contributed by atoms with Crippen LogP contribution in [-0.2, 0) is 5.88 Å². The fourth-order valence-electron chi connectivity index (χ4n) is 0.927. The van der Waals surface area contributed by atoms with E-state index in [-0.39, 0.29) is 5.88 Å². The van der Waals surface area contributed by atoms with E-state index in [2.05, 4.69) is 15.1 Å². The fraction of sp³-hybridized carbons (Fsp3) is 0.125. The number of hydrogen-bond donors (Lipinski definition) is 0. The third-order valence-electron chi connectivity index (χ3n) is 1.52. The first-order chi connectivity index (χ1) is 6.40. The van der Waals surface area contributed by atoms with E-state index in [0.29, 0.717) is 11.7 Å². The second-order valence-electron chi connectivity index (χ2n) is 2.38. The molecule has 0 aliphatic rings. The minimum atomic E-state index is 0.234. The van der Waals surface area contributed by atoms with Gasteiger partial charge in [-0.2, -0.15) is 4.98 Å². The Kier molecular flexibility index (Phi) is 2.23. The number of nitrogens with zero attached hydrogens (tertiary/aromatic N) is 3. The molecule has 13 heavy (non-hydrogen) atoms. The molecule has 0 atom stereocenters. The van der Waals surface area contributed by atoms with Crippen LogP contribution in [0.4, 0.5) is 0 Å². The zero-order valence-corrected chi connectivity index (χ0v) is 7.40. The van der Waals surface area contributed by atoms with Gasteiger partial charge in [-0.3, -0.25) is 4.98 Å². The van der Waals surface area contributed by atoms with E-state index < -0.39 is 0 Å². The lowest BCUT2D eigenvalue weighted by Gasteiger charge is -1.89.